The summed E-state index contributed by atoms with van der Waals surface area (Å²) in [6, 6.07) is 11.4. The Morgan fingerprint density at radius 1 is 0.816 bits per heavy atom. The largest absolute Gasteiger partial charge is 0.472 e. The Morgan fingerprint density at radius 2 is 1.45 bits per heavy atom. The summed E-state index contributed by atoms with van der Waals surface area (Å²) in [7, 11) is -4.36. The minimum absolute atomic E-state index is 0.105. The van der Waals surface area contributed by atoms with Gasteiger partial charge in [0.25, 0.3) is 0 Å². The molecule has 4 heterocycles. The molecule has 270 valence electrons. The molecular formula is C37H54N3O8P. The number of aliphatic hydroxyl groups excluding tert-OH is 2. The van der Waals surface area contributed by atoms with Crippen molar-refractivity contribution in [1.29, 1.82) is 0 Å². The lowest BCUT2D eigenvalue weighted by Crippen LogP contribution is -2.33. The Kier molecular flexibility index (Phi) is 14.7. The van der Waals surface area contributed by atoms with Gasteiger partial charge in [-0.05, 0) is 24.6 Å². The Morgan fingerprint density at radius 3 is 2.10 bits per heavy atom. The van der Waals surface area contributed by atoms with E-state index in [0.29, 0.717) is 28.9 Å². The first-order chi connectivity index (χ1) is 23.9. The van der Waals surface area contributed by atoms with Crippen LogP contribution in [0.4, 0.5) is 0 Å². The third-order valence-corrected chi connectivity index (χ3v) is 10.4. The number of ether oxygens (including phenoxy) is 1. The van der Waals surface area contributed by atoms with Gasteiger partial charge in [0.05, 0.1) is 13.2 Å². The maximum absolute atomic E-state index is 12.5. The van der Waals surface area contributed by atoms with Gasteiger partial charge in [0.1, 0.15) is 41.6 Å². The van der Waals surface area contributed by atoms with Crippen LogP contribution in [0.15, 0.2) is 53.3 Å². The molecule has 1 unspecified atom stereocenters. The van der Waals surface area contributed by atoms with Crippen molar-refractivity contribution in [1.82, 2.24) is 14.5 Å². The standard InChI is InChI=1S/C37H54N3O8P/c1-2-3-4-5-6-7-8-9-10-11-12-13-14-15-16-19-24-45-49(43,44)46-26-32-34(41)35(42)37(48-32)40-23-22-29-33(38-27-39-36(29)40)31-25-28-20-17-18-21-30(28)47-31/h17-18,20-23,25,27,32,34-35,37,41-42H,2-16,19,24,26H2,1H3,(H,43,44)/t32-,34-,35-,37-/m1/s1. The quantitative estimate of drug-likeness (QED) is 0.0506. The zero-order chi connectivity index (χ0) is 34.5. The fourth-order valence-corrected chi connectivity index (χ4v) is 7.37. The van der Waals surface area contributed by atoms with Crippen LogP contribution >= 0.6 is 7.82 Å². The number of phosphoric ester groups is 1. The monoisotopic (exact) mass is 699 g/mol. The molecule has 1 aliphatic heterocycles. The van der Waals surface area contributed by atoms with E-state index in [0.717, 1.165) is 30.2 Å². The summed E-state index contributed by atoms with van der Waals surface area (Å²) in [4.78, 5) is 19.0. The van der Waals surface area contributed by atoms with E-state index in [-0.39, 0.29) is 6.61 Å². The van der Waals surface area contributed by atoms with Crippen LogP contribution in [-0.2, 0) is 18.3 Å². The summed E-state index contributed by atoms with van der Waals surface area (Å²) in [6.45, 7) is 1.93. The number of hydrogen-bond acceptors (Lipinski definition) is 9. The number of rotatable bonds is 23. The predicted octanol–water partition coefficient (Wildman–Crippen LogP) is 8.86. The van der Waals surface area contributed by atoms with E-state index in [4.69, 9.17) is 18.2 Å². The summed E-state index contributed by atoms with van der Waals surface area (Å²) in [5, 5.41) is 23.2. The lowest BCUT2D eigenvalue weighted by molar-refractivity contribution is -0.0512. The van der Waals surface area contributed by atoms with E-state index in [2.05, 4.69) is 16.9 Å². The number of aliphatic hydroxyl groups is 2. The molecule has 1 aliphatic rings. The normalized spacial score (nSPS) is 20.8. The SMILES string of the molecule is CCCCCCCCCCCCCCCCCCOP(=O)(O)OC[C@H]1O[C@@H](n2ccc3c(-c4cc5ccccc5o4)ncnc32)[C@H](O)[C@@H]1O. The number of para-hydroxylation sites is 1. The number of furan rings is 1. The van der Waals surface area contributed by atoms with Crippen molar-refractivity contribution in [2.75, 3.05) is 13.2 Å². The van der Waals surface area contributed by atoms with E-state index in [9.17, 15) is 19.7 Å². The highest BCUT2D eigenvalue weighted by Crippen LogP contribution is 2.45. The molecule has 0 spiro atoms. The van der Waals surface area contributed by atoms with Gasteiger partial charge in [0, 0.05) is 17.0 Å². The number of hydrogen-bond donors (Lipinski definition) is 3. The van der Waals surface area contributed by atoms with Crippen molar-refractivity contribution in [2.24, 2.45) is 0 Å². The molecule has 4 aromatic rings. The third-order valence-electron chi connectivity index (χ3n) is 9.43. The number of benzene rings is 1. The Balaban J connectivity index is 0.977. The van der Waals surface area contributed by atoms with Crippen LogP contribution in [0, 0.1) is 0 Å². The van der Waals surface area contributed by atoms with Gasteiger partial charge in [0.15, 0.2) is 12.0 Å². The smallest absolute Gasteiger partial charge is 0.454 e. The summed E-state index contributed by atoms with van der Waals surface area (Å²) in [5.41, 5.74) is 1.79. The average Bonchev–Trinajstić information content (AvgIpc) is 3.81. The van der Waals surface area contributed by atoms with Crippen LogP contribution in [-0.4, -0.2) is 61.2 Å². The first kappa shape index (κ1) is 37.6. The number of phosphoric acid groups is 1. The highest BCUT2D eigenvalue weighted by atomic mass is 31.2. The predicted molar refractivity (Wildman–Crippen MR) is 190 cm³/mol. The Labute approximate surface area is 289 Å². The van der Waals surface area contributed by atoms with Crippen molar-refractivity contribution in [3.05, 3.63) is 48.9 Å². The molecule has 0 radical (unpaired) electrons. The van der Waals surface area contributed by atoms with Gasteiger partial charge in [-0.3, -0.25) is 9.05 Å². The Bertz CT molecular complexity index is 1580. The second-order valence-corrected chi connectivity index (χ2v) is 14.7. The molecule has 12 heteroatoms. The number of aromatic nitrogens is 3. The minimum atomic E-state index is -4.36. The maximum atomic E-state index is 12.5. The lowest BCUT2D eigenvalue weighted by Gasteiger charge is -2.18. The van der Waals surface area contributed by atoms with Crippen LogP contribution in [0.25, 0.3) is 33.5 Å². The van der Waals surface area contributed by atoms with Gasteiger partial charge >= 0.3 is 7.82 Å². The lowest BCUT2D eigenvalue weighted by atomic mass is 10.0. The fourth-order valence-electron chi connectivity index (χ4n) is 6.60. The molecule has 0 aliphatic carbocycles. The molecular weight excluding hydrogens is 645 g/mol. The van der Waals surface area contributed by atoms with E-state index in [1.807, 2.05) is 30.3 Å². The van der Waals surface area contributed by atoms with Gasteiger partial charge < -0.3 is 28.8 Å². The highest BCUT2D eigenvalue weighted by Gasteiger charge is 2.45. The minimum Gasteiger partial charge on any atom is -0.454 e. The molecule has 0 amide bonds. The highest BCUT2D eigenvalue weighted by molar-refractivity contribution is 7.47. The first-order valence-corrected chi connectivity index (χ1v) is 19.8. The van der Waals surface area contributed by atoms with Crippen molar-refractivity contribution < 1.29 is 37.9 Å². The van der Waals surface area contributed by atoms with Crippen LogP contribution < -0.4 is 0 Å². The summed E-state index contributed by atoms with van der Waals surface area (Å²) in [6.07, 6.45) is 18.2. The van der Waals surface area contributed by atoms with Gasteiger partial charge in [-0.1, -0.05) is 121 Å². The molecule has 0 saturated carbocycles. The van der Waals surface area contributed by atoms with Gasteiger partial charge in [-0.25, -0.2) is 14.5 Å². The molecule has 5 atom stereocenters. The number of fused-ring (bicyclic) bond motifs is 2. The molecule has 11 nitrogen and oxygen atoms in total. The van der Waals surface area contributed by atoms with E-state index < -0.39 is 39.0 Å². The molecule has 0 bridgehead atoms. The number of nitrogens with zero attached hydrogens (tertiary/aromatic N) is 3. The molecule has 49 heavy (non-hydrogen) atoms. The second-order valence-electron chi connectivity index (χ2n) is 13.3. The van der Waals surface area contributed by atoms with Gasteiger partial charge in [0.2, 0.25) is 0 Å². The maximum Gasteiger partial charge on any atom is 0.472 e. The van der Waals surface area contributed by atoms with Crippen molar-refractivity contribution in [3.63, 3.8) is 0 Å². The Hall–Kier alpha value is -2.63. The zero-order valence-electron chi connectivity index (χ0n) is 28.8. The summed E-state index contributed by atoms with van der Waals surface area (Å²) >= 11 is 0. The molecule has 1 fully saturated rings. The zero-order valence-corrected chi connectivity index (χ0v) is 29.7. The fraction of sp³-hybridized carbons (Fsp3) is 0.622. The topological polar surface area (TPSA) is 149 Å². The second kappa shape index (κ2) is 19.1. The van der Waals surface area contributed by atoms with Crippen LogP contribution in [0.2, 0.25) is 0 Å². The van der Waals surface area contributed by atoms with Crippen molar-refractivity contribution in [2.45, 2.75) is 134 Å². The summed E-state index contributed by atoms with van der Waals surface area (Å²) < 4.78 is 36.4. The van der Waals surface area contributed by atoms with Gasteiger partial charge in [-0.15, -0.1) is 0 Å². The number of unbranched alkanes of at least 4 members (excludes halogenated alkanes) is 15. The third kappa shape index (κ3) is 10.7. The molecule has 3 N–H and O–H groups in total. The van der Waals surface area contributed by atoms with E-state index in [1.165, 1.54) is 83.4 Å². The molecule has 1 aromatic carbocycles. The molecule has 1 saturated heterocycles. The van der Waals surface area contributed by atoms with Crippen LogP contribution in [0.1, 0.15) is 116 Å². The van der Waals surface area contributed by atoms with E-state index >= 15 is 0 Å². The van der Waals surface area contributed by atoms with Crippen molar-refractivity contribution in [3.8, 4) is 11.5 Å². The van der Waals surface area contributed by atoms with Crippen molar-refractivity contribution >= 4 is 29.8 Å². The molecule has 5 rings (SSSR count). The van der Waals surface area contributed by atoms with Gasteiger partial charge in [-0.2, -0.15) is 0 Å². The average molecular weight is 700 g/mol. The first-order valence-electron chi connectivity index (χ1n) is 18.3. The molecule has 3 aromatic heterocycles. The van der Waals surface area contributed by atoms with Crippen LogP contribution in [0.5, 0.6) is 0 Å². The van der Waals surface area contributed by atoms with Crippen LogP contribution in [0.3, 0.4) is 0 Å². The summed E-state index contributed by atoms with van der Waals surface area (Å²) in [5.74, 6) is 0.573. The van der Waals surface area contributed by atoms with E-state index in [1.54, 1.807) is 16.8 Å².